The number of amides is 1. The van der Waals surface area contributed by atoms with Gasteiger partial charge in [0.15, 0.2) is 0 Å². The van der Waals surface area contributed by atoms with Crippen molar-refractivity contribution in [3.8, 4) is 0 Å². The van der Waals surface area contributed by atoms with Crippen molar-refractivity contribution < 1.29 is 9.53 Å². The minimum Gasteiger partial charge on any atom is -0.378 e. The Labute approximate surface area is 94.5 Å². The largest absolute Gasteiger partial charge is 0.378 e. The van der Waals surface area contributed by atoms with E-state index in [0.29, 0.717) is 13.2 Å². The number of ether oxygens (including phenoxy) is 1. The first kappa shape index (κ1) is 9.91. The van der Waals surface area contributed by atoms with Crippen molar-refractivity contribution in [3.05, 3.63) is 0 Å². The molecule has 1 N–H and O–H groups in total. The smallest absolute Gasteiger partial charge is 0.223 e. The van der Waals surface area contributed by atoms with Crippen molar-refractivity contribution in [3.63, 3.8) is 0 Å². The van der Waals surface area contributed by atoms with Crippen LogP contribution < -0.4 is 5.32 Å². The summed E-state index contributed by atoms with van der Waals surface area (Å²) in [5, 5.41) is 2.96. The predicted molar refractivity (Wildman–Crippen MR) is 56.7 cm³/mol. The van der Waals surface area contributed by atoms with Crippen molar-refractivity contribution in [2.45, 2.75) is 30.7 Å². The van der Waals surface area contributed by atoms with Crippen LogP contribution in [0.2, 0.25) is 0 Å². The number of nitrogens with one attached hydrogen (secondary N) is 1. The molecule has 3 aliphatic rings. The molecular formula is C11H16ClNO2. The van der Waals surface area contributed by atoms with Crippen LogP contribution in [0.1, 0.15) is 19.3 Å². The van der Waals surface area contributed by atoms with Crippen LogP contribution in [0.4, 0.5) is 0 Å². The summed E-state index contributed by atoms with van der Waals surface area (Å²) in [4.78, 5) is 11.9. The molecule has 1 saturated heterocycles. The zero-order valence-corrected chi connectivity index (χ0v) is 9.37. The van der Waals surface area contributed by atoms with E-state index in [4.69, 9.17) is 16.3 Å². The van der Waals surface area contributed by atoms with Crippen molar-refractivity contribution in [2.24, 2.45) is 17.8 Å². The number of fused-ring (bicyclic) bond motifs is 1. The molecule has 0 aromatic rings. The summed E-state index contributed by atoms with van der Waals surface area (Å²) in [6, 6.07) is 0.0242. The van der Waals surface area contributed by atoms with Crippen LogP contribution in [0, 0.1) is 17.8 Å². The van der Waals surface area contributed by atoms with Gasteiger partial charge in [-0.25, -0.2) is 0 Å². The van der Waals surface area contributed by atoms with Gasteiger partial charge >= 0.3 is 0 Å². The molecule has 4 unspecified atom stereocenters. The van der Waals surface area contributed by atoms with E-state index in [2.05, 4.69) is 5.32 Å². The van der Waals surface area contributed by atoms with E-state index in [1.807, 2.05) is 0 Å². The van der Waals surface area contributed by atoms with Gasteiger partial charge in [0, 0.05) is 5.92 Å². The van der Waals surface area contributed by atoms with E-state index in [1.165, 1.54) is 6.42 Å². The van der Waals surface area contributed by atoms with Gasteiger partial charge in [-0.15, -0.1) is 11.6 Å². The maximum absolute atomic E-state index is 11.9. The van der Waals surface area contributed by atoms with Gasteiger partial charge in [-0.2, -0.15) is 0 Å². The highest BCUT2D eigenvalue weighted by atomic mass is 35.5. The molecule has 1 heterocycles. The van der Waals surface area contributed by atoms with E-state index < -0.39 is 0 Å². The van der Waals surface area contributed by atoms with Gasteiger partial charge in [-0.3, -0.25) is 4.79 Å². The van der Waals surface area contributed by atoms with Crippen LogP contribution in [-0.2, 0) is 9.53 Å². The van der Waals surface area contributed by atoms with Crippen molar-refractivity contribution in [1.29, 1.82) is 0 Å². The third kappa shape index (κ3) is 1.87. The van der Waals surface area contributed by atoms with Gasteiger partial charge in [0.05, 0.1) is 24.6 Å². The van der Waals surface area contributed by atoms with E-state index in [0.717, 1.165) is 24.7 Å². The minimum absolute atomic E-state index is 0.0242. The number of rotatable bonds is 2. The van der Waals surface area contributed by atoms with Crippen LogP contribution in [0.25, 0.3) is 0 Å². The fourth-order valence-electron chi connectivity index (χ4n) is 2.89. The Balaban J connectivity index is 1.52. The number of halogens is 1. The summed E-state index contributed by atoms with van der Waals surface area (Å²) in [7, 11) is 0. The molecule has 0 bridgehead atoms. The monoisotopic (exact) mass is 229 g/mol. The number of carbonyl (C=O) groups excluding carboxylic acids is 1. The molecule has 0 radical (unpaired) electrons. The molecule has 0 aromatic carbocycles. The first-order chi connectivity index (χ1) is 7.24. The van der Waals surface area contributed by atoms with Crippen molar-refractivity contribution in [1.82, 2.24) is 5.32 Å². The lowest BCUT2D eigenvalue weighted by molar-refractivity contribution is -0.125. The van der Waals surface area contributed by atoms with E-state index >= 15 is 0 Å². The zero-order chi connectivity index (χ0) is 10.4. The second kappa shape index (κ2) is 3.63. The number of hydrogen-bond donors (Lipinski definition) is 1. The third-order valence-electron chi connectivity index (χ3n) is 3.95. The Hall–Kier alpha value is -0.280. The molecule has 2 saturated carbocycles. The standard InChI is InChI=1S/C11H16ClNO2/c12-9-4-15-5-10(9)13-11(14)8-2-6-1-7(6)3-8/h6-10H,1-5H2,(H,13,14). The average molecular weight is 230 g/mol. The molecule has 0 aromatic heterocycles. The Kier molecular flexibility index (Phi) is 2.40. The second-order valence-corrected chi connectivity index (χ2v) is 5.65. The minimum atomic E-state index is -0.0510. The molecule has 4 heteroatoms. The topological polar surface area (TPSA) is 38.3 Å². The lowest BCUT2D eigenvalue weighted by atomic mass is 10.0. The Bertz CT molecular complexity index is 274. The first-order valence-corrected chi connectivity index (χ1v) is 6.20. The first-order valence-electron chi connectivity index (χ1n) is 5.76. The van der Waals surface area contributed by atoms with E-state index in [9.17, 15) is 4.79 Å². The molecule has 3 nitrogen and oxygen atoms in total. The van der Waals surface area contributed by atoms with Gasteiger partial charge in [-0.1, -0.05) is 0 Å². The summed E-state index contributed by atoms with van der Waals surface area (Å²) < 4.78 is 5.22. The van der Waals surface area contributed by atoms with Crippen LogP contribution >= 0.6 is 11.6 Å². The number of alkyl halides is 1. The molecule has 3 fully saturated rings. The lowest BCUT2D eigenvalue weighted by Crippen LogP contribution is -2.43. The molecule has 3 rings (SSSR count). The maximum Gasteiger partial charge on any atom is 0.223 e. The maximum atomic E-state index is 11.9. The molecule has 1 aliphatic heterocycles. The lowest BCUT2D eigenvalue weighted by Gasteiger charge is -2.18. The summed E-state index contributed by atoms with van der Waals surface area (Å²) >= 11 is 6.03. The highest BCUT2D eigenvalue weighted by Crippen LogP contribution is 2.54. The van der Waals surface area contributed by atoms with Crippen LogP contribution in [0.15, 0.2) is 0 Å². The normalized spacial score (nSPS) is 47.7. The van der Waals surface area contributed by atoms with Gasteiger partial charge in [-0.05, 0) is 31.1 Å². The van der Waals surface area contributed by atoms with Gasteiger partial charge in [0.2, 0.25) is 5.91 Å². The molecule has 0 spiro atoms. The number of hydrogen-bond acceptors (Lipinski definition) is 2. The predicted octanol–water partition coefficient (Wildman–Crippen LogP) is 1.15. The summed E-state index contributed by atoms with van der Waals surface area (Å²) in [6.07, 6.45) is 3.54. The number of carbonyl (C=O) groups is 1. The Morgan fingerprint density at radius 1 is 1.20 bits per heavy atom. The summed E-state index contributed by atoms with van der Waals surface area (Å²) in [5.74, 6) is 2.15. The van der Waals surface area contributed by atoms with Crippen LogP contribution in [0.3, 0.4) is 0 Å². The highest BCUT2D eigenvalue weighted by molar-refractivity contribution is 6.21. The Morgan fingerprint density at radius 2 is 1.93 bits per heavy atom. The van der Waals surface area contributed by atoms with Gasteiger partial charge in [0.25, 0.3) is 0 Å². The zero-order valence-electron chi connectivity index (χ0n) is 8.62. The molecule has 2 aliphatic carbocycles. The molecule has 1 amide bonds. The fourth-order valence-corrected chi connectivity index (χ4v) is 3.11. The Morgan fingerprint density at radius 3 is 2.53 bits per heavy atom. The molecular weight excluding hydrogens is 214 g/mol. The van der Waals surface area contributed by atoms with Gasteiger partial charge in [0.1, 0.15) is 0 Å². The second-order valence-electron chi connectivity index (χ2n) is 5.09. The summed E-state index contributed by atoms with van der Waals surface area (Å²) in [6.45, 7) is 1.13. The summed E-state index contributed by atoms with van der Waals surface area (Å²) in [5.41, 5.74) is 0. The quantitative estimate of drug-likeness (QED) is 0.722. The van der Waals surface area contributed by atoms with E-state index in [-0.39, 0.29) is 23.2 Å². The highest BCUT2D eigenvalue weighted by Gasteiger charge is 2.48. The average Bonchev–Trinajstić information content (AvgIpc) is 2.64. The van der Waals surface area contributed by atoms with Crippen molar-refractivity contribution in [2.75, 3.05) is 13.2 Å². The van der Waals surface area contributed by atoms with Crippen molar-refractivity contribution >= 4 is 17.5 Å². The third-order valence-corrected chi connectivity index (χ3v) is 4.38. The van der Waals surface area contributed by atoms with E-state index in [1.54, 1.807) is 0 Å². The van der Waals surface area contributed by atoms with Gasteiger partial charge < -0.3 is 10.1 Å². The molecule has 84 valence electrons. The molecule has 4 atom stereocenters. The van der Waals surface area contributed by atoms with Crippen LogP contribution in [0.5, 0.6) is 0 Å². The molecule has 15 heavy (non-hydrogen) atoms. The van der Waals surface area contributed by atoms with Crippen LogP contribution in [-0.4, -0.2) is 30.5 Å². The fraction of sp³-hybridized carbons (Fsp3) is 0.909. The SMILES string of the molecule is O=C(NC1COCC1Cl)C1CC2CC2C1.